The summed E-state index contributed by atoms with van der Waals surface area (Å²) >= 11 is 1.54. The maximum Gasteiger partial charge on any atom is 0.229 e. The lowest BCUT2D eigenvalue weighted by Gasteiger charge is -2.34. The van der Waals surface area contributed by atoms with E-state index < -0.39 is 0 Å². The zero-order valence-corrected chi connectivity index (χ0v) is 14.1. The van der Waals surface area contributed by atoms with Crippen molar-refractivity contribution in [2.75, 3.05) is 0 Å². The summed E-state index contributed by atoms with van der Waals surface area (Å²) in [5.41, 5.74) is 1.66. The van der Waals surface area contributed by atoms with Gasteiger partial charge in [0.25, 0.3) is 0 Å². The predicted molar refractivity (Wildman–Crippen MR) is 88.7 cm³/mol. The summed E-state index contributed by atoms with van der Waals surface area (Å²) in [5, 5.41) is 2.84. The summed E-state index contributed by atoms with van der Waals surface area (Å²) in [6, 6.07) is 6.09. The van der Waals surface area contributed by atoms with E-state index in [0.29, 0.717) is 12.5 Å². The highest BCUT2D eigenvalue weighted by atomic mass is 32.1. The van der Waals surface area contributed by atoms with Gasteiger partial charge in [0, 0.05) is 23.2 Å². The standard InChI is InChI=1S/C17H21N3OS/c1-12-7-8-17(2,3)20(12)15(21)10-13-11-22-16(19-13)14-6-4-5-9-18-14/h4-6,9,11-12H,7-8,10H2,1-3H3. The largest absolute Gasteiger partial charge is 0.335 e. The van der Waals surface area contributed by atoms with E-state index in [4.69, 9.17) is 0 Å². The average Bonchev–Trinajstić information content (AvgIpc) is 3.04. The first-order valence-electron chi connectivity index (χ1n) is 7.65. The number of likely N-dealkylation sites (tertiary alicyclic amines) is 1. The van der Waals surface area contributed by atoms with Gasteiger partial charge >= 0.3 is 0 Å². The molecule has 1 fully saturated rings. The van der Waals surface area contributed by atoms with Gasteiger partial charge in [-0.25, -0.2) is 4.98 Å². The topological polar surface area (TPSA) is 46.1 Å². The average molecular weight is 315 g/mol. The van der Waals surface area contributed by atoms with Gasteiger partial charge in [-0.1, -0.05) is 6.07 Å². The Morgan fingerprint density at radius 2 is 2.27 bits per heavy atom. The monoisotopic (exact) mass is 315 g/mol. The normalized spacial score (nSPS) is 20.3. The second-order valence-electron chi connectivity index (χ2n) is 6.50. The van der Waals surface area contributed by atoms with Gasteiger partial charge in [0.1, 0.15) is 5.01 Å². The summed E-state index contributed by atoms with van der Waals surface area (Å²) in [6.07, 6.45) is 4.28. The molecule has 1 amide bonds. The molecule has 116 valence electrons. The van der Waals surface area contributed by atoms with Crippen LogP contribution in [-0.2, 0) is 11.2 Å². The van der Waals surface area contributed by atoms with Crippen molar-refractivity contribution in [1.29, 1.82) is 0 Å². The number of thiazole rings is 1. The molecule has 4 nitrogen and oxygen atoms in total. The van der Waals surface area contributed by atoms with E-state index in [1.165, 1.54) is 0 Å². The number of pyridine rings is 1. The highest BCUT2D eigenvalue weighted by Gasteiger charge is 2.40. The fourth-order valence-corrected chi connectivity index (χ4v) is 4.02. The molecule has 1 saturated heterocycles. The fourth-order valence-electron chi connectivity index (χ4n) is 3.23. The second-order valence-corrected chi connectivity index (χ2v) is 7.36. The van der Waals surface area contributed by atoms with Crippen molar-refractivity contribution >= 4 is 17.2 Å². The Bertz CT molecular complexity index is 666. The zero-order chi connectivity index (χ0) is 15.7. The van der Waals surface area contributed by atoms with Gasteiger partial charge in [0.05, 0.1) is 17.8 Å². The van der Waals surface area contributed by atoms with Gasteiger partial charge in [-0.3, -0.25) is 9.78 Å². The number of aromatic nitrogens is 2. The van der Waals surface area contributed by atoms with E-state index in [1.807, 2.05) is 28.5 Å². The number of nitrogens with zero attached hydrogens (tertiary/aromatic N) is 3. The van der Waals surface area contributed by atoms with Crippen molar-refractivity contribution in [3.05, 3.63) is 35.5 Å². The first-order valence-corrected chi connectivity index (χ1v) is 8.53. The van der Waals surface area contributed by atoms with E-state index in [-0.39, 0.29) is 11.4 Å². The van der Waals surface area contributed by atoms with Crippen LogP contribution in [0.15, 0.2) is 29.8 Å². The number of amides is 1. The molecular weight excluding hydrogens is 294 g/mol. The van der Waals surface area contributed by atoms with Gasteiger partial charge in [0.15, 0.2) is 0 Å². The minimum atomic E-state index is -0.0453. The van der Waals surface area contributed by atoms with Gasteiger partial charge in [-0.2, -0.15) is 0 Å². The molecule has 0 aromatic carbocycles. The molecule has 0 radical (unpaired) electrons. The SMILES string of the molecule is CC1CCC(C)(C)N1C(=O)Cc1csc(-c2ccccn2)n1. The maximum absolute atomic E-state index is 12.7. The summed E-state index contributed by atoms with van der Waals surface area (Å²) < 4.78 is 0. The van der Waals surface area contributed by atoms with Gasteiger partial charge in [-0.05, 0) is 45.7 Å². The van der Waals surface area contributed by atoms with E-state index in [0.717, 1.165) is 29.2 Å². The highest BCUT2D eigenvalue weighted by molar-refractivity contribution is 7.13. The third-order valence-corrected chi connectivity index (χ3v) is 5.22. The van der Waals surface area contributed by atoms with Crippen molar-refractivity contribution in [3.63, 3.8) is 0 Å². The molecule has 3 rings (SSSR count). The molecule has 5 heteroatoms. The Balaban J connectivity index is 1.74. The van der Waals surface area contributed by atoms with E-state index in [9.17, 15) is 4.79 Å². The van der Waals surface area contributed by atoms with E-state index in [1.54, 1.807) is 17.5 Å². The molecule has 0 spiro atoms. The molecule has 2 aromatic heterocycles. The van der Waals surface area contributed by atoms with Crippen LogP contribution in [-0.4, -0.2) is 32.4 Å². The van der Waals surface area contributed by atoms with Crippen LogP contribution in [0.5, 0.6) is 0 Å². The molecule has 0 N–H and O–H groups in total. The van der Waals surface area contributed by atoms with Crippen LogP contribution in [0.2, 0.25) is 0 Å². The molecular formula is C17H21N3OS. The predicted octanol–water partition coefficient (Wildman–Crippen LogP) is 3.54. The molecule has 1 atom stereocenters. The highest BCUT2D eigenvalue weighted by Crippen LogP contribution is 2.34. The number of hydrogen-bond donors (Lipinski definition) is 0. The Morgan fingerprint density at radius 1 is 1.45 bits per heavy atom. The quantitative estimate of drug-likeness (QED) is 0.870. The summed E-state index contributed by atoms with van der Waals surface area (Å²) in [4.78, 5) is 23.6. The molecule has 1 aliphatic heterocycles. The number of hydrogen-bond acceptors (Lipinski definition) is 4. The third kappa shape index (κ3) is 2.90. The van der Waals surface area contributed by atoms with Crippen LogP contribution < -0.4 is 0 Å². The smallest absolute Gasteiger partial charge is 0.229 e. The Hall–Kier alpha value is -1.75. The van der Waals surface area contributed by atoms with Crippen LogP contribution in [0.25, 0.3) is 10.7 Å². The molecule has 1 aliphatic rings. The summed E-state index contributed by atoms with van der Waals surface area (Å²) in [7, 11) is 0. The lowest BCUT2D eigenvalue weighted by atomic mass is 10.0. The van der Waals surface area contributed by atoms with Crippen molar-refractivity contribution in [3.8, 4) is 10.7 Å². The van der Waals surface area contributed by atoms with Crippen molar-refractivity contribution < 1.29 is 4.79 Å². The van der Waals surface area contributed by atoms with Gasteiger partial charge in [-0.15, -0.1) is 11.3 Å². The molecule has 0 aliphatic carbocycles. The van der Waals surface area contributed by atoms with Gasteiger partial charge < -0.3 is 4.90 Å². The number of carbonyl (C=O) groups excluding carboxylic acids is 1. The van der Waals surface area contributed by atoms with Crippen molar-refractivity contribution in [2.24, 2.45) is 0 Å². The number of rotatable bonds is 3. The van der Waals surface area contributed by atoms with Crippen molar-refractivity contribution in [2.45, 2.75) is 51.6 Å². The maximum atomic E-state index is 12.7. The van der Waals surface area contributed by atoms with Crippen LogP contribution in [0.1, 0.15) is 39.3 Å². The first-order chi connectivity index (χ1) is 10.5. The Morgan fingerprint density at radius 3 is 2.91 bits per heavy atom. The van der Waals surface area contributed by atoms with Crippen LogP contribution in [0.4, 0.5) is 0 Å². The fraction of sp³-hybridized carbons (Fsp3) is 0.471. The minimum Gasteiger partial charge on any atom is -0.335 e. The molecule has 22 heavy (non-hydrogen) atoms. The Kier molecular flexibility index (Phi) is 4.00. The Labute approximate surface area is 135 Å². The zero-order valence-electron chi connectivity index (χ0n) is 13.2. The minimum absolute atomic E-state index is 0.0453. The molecule has 0 saturated carbocycles. The third-order valence-electron chi connectivity index (χ3n) is 4.30. The van der Waals surface area contributed by atoms with Crippen LogP contribution in [0.3, 0.4) is 0 Å². The van der Waals surface area contributed by atoms with E-state index >= 15 is 0 Å². The molecule has 3 heterocycles. The second kappa shape index (κ2) is 5.80. The van der Waals surface area contributed by atoms with Gasteiger partial charge in [0.2, 0.25) is 5.91 Å². The molecule has 2 aromatic rings. The summed E-state index contributed by atoms with van der Waals surface area (Å²) in [5.74, 6) is 0.174. The first kappa shape index (κ1) is 15.2. The van der Waals surface area contributed by atoms with Crippen LogP contribution in [0, 0.1) is 0 Å². The van der Waals surface area contributed by atoms with Crippen molar-refractivity contribution in [1.82, 2.24) is 14.9 Å². The number of carbonyl (C=O) groups is 1. The molecule has 1 unspecified atom stereocenters. The lowest BCUT2D eigenvalue weighted by molar-refractivity contribution is -0.135. The van der Waals surface area contributed by atoms with E-state index in [2.05, 4.69) is 30.7 Å². The molecule has 0 bridgehead atoms. The van der Waals surface area contributed by atoms with Crippen LogP contribution >= 0.6 is 11.3 Å². The summed E-state index contributed by atoms with van der Waals surface area (Å²) in [6.45, 7) is 6.43. The lowest BCUT2D eigenvalue weighted by Crippen LogP contribution is -2.46.